The molecule has 1 aliphatic heterocycles. The average Bonchev–Trinajstić information content (AvgIpc) is 3.01. The van der Waals surface area contributed by atoms with Crippen LogP contribution in [0.5, 0.6) is 0 Å². The summed E-state index contributed by atoms with van der Waals surface area (Å²) in [5.41, 5.74) is 0.542. The first-order chi connectivity index (χ1) is 11.8. The molecule has 2 aromatic rings. The van der Waals surface area contributed by atoms with E-state index < -0.39 is 27.5 Å². The van der Waals surface area contributed by atoms with Crippen LogP contribution in [0.15, 0.2) is 53.6 Å². The van der Waals surface area contributed by atoms with E-state index >= 15 is 0 Å². The zero-order valence-corrected chi connectivity index (χ0v) is 14.7. The van der Waals surface area contributed by atoms with E-state index in [-0.39, 0.29) is 15.9 Å². The molecule has 5 nitrogen and oxygen atoms in total. The number of nitrogens with one attached hydrogen (secondary N) is 1. The molecule has 9 heteroatoms. The maximum atomic E-state index is 13.7. The van der Waals surface area contributed by atoms with E-state index in [0.29, 0.717) is 12.1 Å². The van der Waals surface area contributed by atoms with Gasteiger partial charge in [-0.25, -0.2) is 22.2 Å². The first-order valence-corrected chi connectivity index (χ1v) is 9.52. The second kappa shape index (κ2) is 6.61. The van der Waals surface area contributed by atoms with Gasteiger partial charge in [0, 0.05) is 25.2 Å². The number of nitrogens with zero attached hydrogens (tertiary/aromatic N) is 2. The van der Waals surface area contributed by atoms with Gasteiger partial charge in [0.25, 0.3) is 0 Å². The fourth-order valence-electron chi connectivity index (χ4n) is 2.56. The zero-order valence-electron chi connectivity index (χ0n) is 13.1. The van der Waals surface area contributed by atoms with Gasteiger partial charge < -0.3 is 9.88 Å². The smallest absolute Gasteiger partial charge is 0.194 e. The normalized spacial score (nSPS) is 16.0. The molecule has 3 rings (SSSR count). The predicted molar refractivity (Wildman–Crippen MR) is 90.0 cm³/mol. The van der Waals surface area contributed by atoms with E-state index in [9.17, 15) is 17.2 Å². The number of sulfone groups is 1. The zero-order chi connectivity index (χ0) is 18.2. The molecular formula is C16H14ClF2N3O2S. The minimum absolute atomic E-state index is 0.0885. The Morgan fingerprint density at radius 2 is 2.12 bits per heavy atom. The van der Waals surface area contributed by atoms with Crippen molar-refractivity contribution < 1.29 is 17.2 Å². The number of aromatic amines is 1. The number of hydrogen-bond acceptors (Lipinski definition) is 4. The average molecular weight is 386 g/mol. The second-order valence-electron chi connectivity index (χ2n) is 5.59. The first-order valence-electron chi connectivity index (χ1n) is 7.25. The third-order valence-corrected chi connectivity index (χ3v) is 4.95. The SMILES string of the molecule is CS(=O)(=O)c1c[nH]c(C(c2ccc(F)c(Cl)c2)N2C=C(F)C=CC2)n1. The summed E-state index contributed by atoms with van der Waals surface area (Å²) in [4.78, 5) is 8.54. The summed E-state index contributed by atoms with van der Waals surface area (Å²) in [7, 11) is -3.50. The maximum absolute atomic E-state index is 13.7. The van der Waals surface area contributed by atoms with Gasteiger partial charge in [-0.2, -0.15) is 0 Å². The second-order valence-corrected chi connectivity index (χ2v) is 7.96. The lowest BCUT2D eigenvalue weighted by atomic mass is 10.0. The van der Waals surface area contributed by atoms with Gasteiger partial charge in [0.15, 0.2) is 14.9 Å². The fraction of sp³-hybridized carbons (Fsp3) is 0.188. The van der Waals surface area contributed by atoms with Crippen molar-refractivity contribution in [2.24, 2.45) is 0 Å². The van der Waals surface area contributed by atoms with E-state index in [2.05, 4.69) is 9.97 Å². The van der Waals surface area contributed by atoms with Crippen LogP contribution in [0.2, 0.25) is 5.02 Å². The Morgan fingerprint density at radius 1 is 1.36 bits per heavy atom. The molecule has 2 heterocycles. The summed E-state index contributed by atoms with van der Waals surface area (Å²) in [5.74, 6) is -0.762. The van der Waals surface area contributed by atoms with Crippen LogP contribution in [-0.4, -0.2) is 36.1 Å². The van der Waals surface area contributed by atoms with Gasteiger partial charge in [-0.15, -0.1) is 0 Å². The van der Waals surface area contributed by atoms with Crippen molar-refractivity contribution in [1.82, 2.24) is 14.9 Å². The van der Waals surface area contributed by atoms with Crippen molar-refractivity contribution in [3.63, 3.8) is 0 Å². The van der Waals surface area contributed by atoms with Gasteiger partial charge in [-0.3, -0.25) is 0 Å². The Bertz CT molecular complexity index is 970. The van der Waals surface area contributed by atoms with Crippen LogP contribution in [0, 0.1) is 5.82 Å². The van der Waals surface area contributed by atoms with E-state index in [0.717, 1.165) is 6.26 Å². The van der Waals surface area contributed by atoms with Crippen LogP contribution in [0.25, 0.3) is 0 Å². The molecule has 0 amide bonds. The van der Waals surface area contributed by atoms with Crippen molar-refractivity contribution in [2.45, 2.75) is 11.1 Å². The van der Waals surface area contributed by atoms with Crippen molar-refractivity contribution in [3.05, 3.63) is 70.8 Å². The third kappa shape index (κ3) is 3.74. The summed E-state index contributed by atoms with van der Waals surface area (Å²) in [6.07, 6.45) is 6.54. The van der Waals surface area contributed by atoms with Crippen LogP contribution in [0.1, 0.15) is 17.4 Å². The molecule has 0 bridgehead atoms. The largest absolute Gasteiger partial charge is 0.357 e. The number of allylic oxidation sites excluding steroid dienone is 2. The van der Waals surface area contributed by atoms with Crippen LogP contribution in [-0.2, 0) is 9.84 Å². The van der Waals surface area contributed by atoms with Crippen molar-refractivity contribution in [3.8, 4) is 0 Å². The maximum Gasteiger partial charge on any atom is 0.194 e. The van der Waals surface area contributed by atoms with E-state index in [4.69, 9.17) is 11.6 Å². The predicted octanol–water partition coefficient (Wildman–Crippen LogP) is 3.38. The third-order valence-electron chi connectivity index (χ3n) is 3.69. The summed E-state index contributed by atoms with van der Waals surface area (Å²) in [6, 6.07) is 3.45. The van der Waals surface area contributed by atoms with E-state index in [1.807, 2.05) is 0 Å². The lowest BCUT2D eigenvalue weighted by Gasteiger charge is -2.30. The van der Waals surface area contributed by atoms with Gasteiger partial charge in [0.1, 0.15) is 23.5 Å². The molecule has 0 radical (unpaired) electrons. The van der Waals surface area contributed by atoms with E-state index in [1.54, 1.807) is 11.0 Å². The summed E-state index contributed by atoms with van der Waals surface area (Å²) in [6.45, 7) is 0.363. The lowest BCUT2D eigenvalue weighted by molar-refractivity contribution is 0.324. The van der Waals surface area contributed by atoms with Gasteiger partial charge in [0.2, 0.25) is 0 Å². The van der Waals surface area contributed by atoms with Crippen LogP contribution in [0.3, 0.4) is 0 Å². The molecule has 0 aliphatic carbocycles. The van der Waals surface area contributed by atoms with Crippen LogP contribution < -0.4 is 0 Å². The molecule has 25 heavy (non-hydrogen) atoms. The molecule has 0 saturated carbocycles. The molecular weight excluding hydrogens is 372 g/mol. The molecule has 1 aromatic carbocycles. The Labute approximate surface area is 148 Å². The molecule has 0 saturated heterocycles. The highest BCUT2D eigenvalue weighted by molar-refractivity contribution is 7.90. The quantitative estimate of drug-likeness (QED) is 0.876. The number of hydrogen-bond donors (Lipinski definition) is 1. The van der Waals surface area contributed by atoms with Gasteiger partial charge in [-0.1, -0.05) is 23.7 Å². The molecule has 1 aliphatic rings. The Hall–Kier alpha value is -2.19. The van der Waals surface area contributed by atoms with Gasteiger partial charge in [0.05, 0.1) is 5.02 Å². The first kappa shape index (κ1) is 17.6. The topological polar surface area (TPSA) is 66.1 Å². The van der Waals surface area contributed by atoms with E-state index in [1.165, 1.54) is 36.7 Å². The Kier molecular flexibility index (Phi) is 4.66. The standard InChI is InChI=1S/C16H14ClF2N3O2S/c1-25(23,24)14-8-20-16(21-14)15(22-6-2-3-11(18)9-22)10-4-5-13(19)12(17)7-10/h2-5,7-9,15H,6H2,1H3,(H,20,21). The molecule has 1 unspecified atom stereocenters. The number of aromatic nitrogens is 2. The molecule has 1 aromatic heterocycles. The van der Waals surface area contributed by atoms with Crippen LogP contribution in [0.4, 0.5) is 8.78 Å². The summed E-state index contributed by atoms with van der Waals surface area (Å²) < 4.78 is 50.5. The molecule has 0 fully saturated rings. The number of imidazole rings is 1. The minimum Gasteiger partial charge on any atom is -0.357 e. The number of rotatable bonds is 4. The Morgan fingerprint density at radius 3 is 2.72 bits per heavy atom. The molecule has 1 atom stereocenters. The summed E-state index contributed by atoms with van der Waals surface area (Å²) in [5, 5.41) is -0.216. The highest BCUT2D eigenvalue weighted by Gasteiger charge is 2.26. The minimum atomic E-state index is -3.50. The van der Waals surface area contributed by atoms with Crippen molar-refractivity contribution in [2.75, 3.05) is 12.8 Å². The van der Waals surface area contributed by atoms with Crippen LogP contribution >= 0.6 is 11.6 Å². The number of halogens is 3. The molecule has 1 N–H and O–H groups in total. The Balaban J connectivity index is 2.10. The number of benzene rings is 1. The van der Waals surface area contributed by atoms with Crippen molar-refractivity contribution >= 4 is 21.4 Å². The fourth-order valence-corrected chi connectivity index (χ4v) is 3.29. The lowest BCUT2D eigenvalue weighted by Crippen LogP contribution is -2.27. The molecule has 0 spiro atoms. The monoisotopic (exact) mass is 385 g/mol. The van der Waals surface area contributed by atoms with Gasteiger partial charge >= 0.3 is 0 Å². The number of H-pyrrole nitrogens is 1. The molecule has 132 valence electrons. The van der Waals surface area contributed by atoms with Crippen molar-refractivity contribution in [1.29, 1.82) is 0 Å². The highest BCUT2D eigenvalue weighted by Crippen LogP contribution is 2.32. The van der Waals surface area contributed by atoms with Gasteiger partial charge in [-0.05, 0) is 23.8 Å². The highest BCUT2D eigenvalue weighted by atomic mass is 35.5. The summed E-state index contributed by atoms with van der Waals surface area (Å²) >= 11 is 5.87.